The Bertz CT molecular complexity index is 1120. The highest BCUT2D eigenvalue weighted by Crippen LogP contribution is 2.34. The molecule has 0 saturated heterocycles. The van der Waals surface area contributed by atoms with Crippen molar-refractivity contribution in [2.45, 2.75) is 19.6 Å². The molecular weight excluding hydrogens is 469 g/mol. The first-order valence-corrected chi connectivity index (χ1v) is 10.5. The van der Waals surface area contributed by atoms with Gasteiger partial charge < -0.3 is 4.74 Å². The molecule has 12 heteroatoms. The van der Waals surface area contributed by atoms with Crippen molar-refractivity contribution in [1.82, 2.24) is 15.4 Å². The minimum absolute atomic E-state index is 0.0714. The number of halogens is 4. The number of carbonyl (C=O) groups is 2. The summed E-state index contributed by atoms with van der Waals surface area (Å²) in [5, 5.41) is 4.32. The number of amides is 2. The van der Waals surface area contributed by atoms with E-state index >= 15 is 0 Å². The summed E-state index contributed by atoms with van der Waals surface area (Å²) in [5.41, 5.74) is 3.24. The van der Waals surface area contributed by atoms with Gasteiger partial charge in [0.25, 0.3) is 0 Å². The Morgan fingerprint density at radius 3 is 2.66 bits per heavy atom. The second-order valence-corrected chi connectivity index (χ2v) is 8.00. The molecule has 2 N–H and O–H groups in total. The van der Waals surface area contributed by atoms with Gasteiger partial charge in [-0.05, 0) is 29.8 Å². The number of nitrogens with zero attached hydrogens (tertiary/aromatic N) is 2. The van der Waals surface area contributed by atoms with Crippen LogP contribution in [0.2, 0.25) is 5.02 Å². The van der Waals surface area contributed by atoms with Crippen LogP contribution in [0.5, 0.6) is 0 Å². The molecule has 0 fully saturated rings. The average Bonchev–Trinajstić information content (AvgIpc) is 3.12. The molecule has 3 aromatic rings. The molecule has 170 valence electrons. The topological polar surface area (TPSA) is 83.6 Å². The molecule has 7 nitrogen and oxygen atoms in total. The third-order valence-corrected chi connectivity index (χ3v) is 5.57. The molecule has 0 unspecified atom stereocenters. The van der Waals surface area contributed by atoms with Gasteiger partial charge in [-0.3, -0.25) is 15.1 Å². The Morgan fingerprint density at radius 2 is 1.97 bits per heavy atom. The summed E-state index contributed by atoms with van der Waals surface area (Å²) in [7, 11) is 0. The van der Waals surface area contributed by atoms with Crippen LogP contribution in [0, 0.1) is 0 Å². The highest BCUT2D eigenvalue weighted by Gasteiger charge is 2.30. The van der Waals surface area contributed by atoms with Gasteiger partial charge in [0.05, 0.1) is 22.3 Å². The first-order valence-electron chi connectivity index (χ1n) is 9.30. The first kappa shape index (κ1) is 23.8. The number of fused-ring (bicyclic) bond motifs is 1. The van der Waals surface area contributed by atoms with E-state index in [9.17, 15) is 22.8 Å². The monoisotopic (exact) mass is 486 g/mol. The quantitative estimate of drug-likeness (QED) is 0.455. The SMILES string of the molecule is CC(=O)N(CCOC(=O)Nc1nc2ccc(C(F)(F)F)cc2s1)NCc1ccccc1Cl. The molecule has 2 aromatic carbocycles. The van der Waals surface area contributed by atoms with Crippen molar-refractivity contribution in [3.63, 3.8) is 0 Å². The first-order chi connectivity index (χ1) is 15.1. The van der Waals surface area contributed by atoms with Gasteiger partial charge in [0.15, 0.2) is 5.13 Å². The second kappa shape index (κ2) is 10.2. The van der Waals surface area contributed by atoms with E-state index in [1.165, 1.54) is 18.0 Å². The fourth-order valence-corrected chi connectivity index (χ4v) is 3.77. The number of carbonyl (C=O) groups excluding carboxylic acids is 2. The maximum absolute atomic E-state index is 12.8. The Hall–Kier alpha value is -2.89. The smallest absolute Gasteiger partial charge is 0.416 e. The number of hydrogen-bond donors (Lipinski definition) is 2. The van der Waals surface area contributed by atoms with E-state index in [0.29, 0.717) is 17.1 Å². The number of benzene rings is 2. The standard InChI is InChI=1S/C20H18ClF3N4O3S/c1-12(29)28(25-11-13-4-2-3-5-15(13)21)8-9-31-19(30)27-18-26-16-7-6-14(20(22,23)24)10-17(16)32-18/h2-7,10,25H,8-9,11H2,1H3,(H,26,27,30). The molecule has 0 atom stereocenters. The molecule has 0 aliphatic carbocycles. The summed E-state index contributed by atoms with van der Waals surface area (Å²) in [6.07, 6.45) is -5.30. The van der Waals surface area contributed by atoms with Gasteiger partial charge >= 0.3 is 12.3 Å². The van der Waals surface area contributed by atoms with Crippen molar-refractivity contribution in [3.05, 3.63) is 58.6 Å². The van der Waals surface area contributed by atoms with E-state index in [-0.39, 0.29) is 28.9 Å². The molecule has 3 rings (SSSR count). The van der Waals surface area contributed by atoms with Crippen LogP contribution >= 0.6 is 22.9 Å². The molecule has 32 heavy (non-hydrogen) atoms. The predicted octanol–water partition coefficient (Wildman–Crippen LogP) is 5.07. The Balaban J connectivity index is 1.51. The van der Waals surface area contributed by atoms with Crippen molar-refractivity contribution < 1.29 is 27.5 Å². The van der Waals surface area contributed by atoms with Crippen LogP contribution in [0.3, 0.4) is 0 Å². The van der Waals surface area contributed by atoms with Crippen molar-refractivity contribution >= 4 is 50.3 Å². The third-order valence-electron chi connectivity index (χ3n) is 4.27. The number of rotatable bonds is 7. The predicted molar refractivity (Wildman–Crippen MR) is 115 cm³/mol. The number of hydrazine groups is 1. The highest BCUT2D eigenvalue weighted by molar-refractivity contribution is 7.22. The molecule has 0 radical (unpaired) electrons. The summed E-state index contributed by atoms with van der Waals surface area (Å²) in [4.78, 5) is 27.9. The molecule has 1 heterocycles. The normalized spacial score (nSPS) is 11.4. The number of thiazole rings is 1. The Morgan fingerprint density at radius 1 is 1.22 bits per heavy atom. The minimum Gasteiger partial charge on any atom is -0.447 e. The van der Waals surface area contributed by atoms with E-state index in [2.05, 4.69) is 15.7 Å². The summed E-state index contributed by atoms with van der Waals surface area (Å²) in [6.45, 7) is 1.61. The molecule has 0 spiro atoms. The lowest BCUT2D eigenvalue weighted by atomic mass is 10.2. The van der Waals surface area contributed by atoms with Crippen LogP contribution in [0.25, 0.3) is 10.2 Å². The van der Waals surface area contributed by atoms with Gasteiger partial charge in [-0.1, -0.05) is 41.1 Å². The maximum Gasteiger partial charge on any atom is 0.416 e. The number of alkyl halides is 3. The zero-order chi connectivity index (χ0) is 23.3. The van der Waals surface area contributed by atoms with E-state index in [1.54, 1.807) is 12.1 Å². The Kier molecular flexibility index (Phi) is 7.54. The fraction of sp³-hybridized carbons (Fsp3) is 0.250. The summed E-state index contributed by atoms with van der Waals surface area (Å²) >= 11 is 6.98. The van der Waals surface area contributed by atoms with Gasteiger partial charge in [-0.15, -0.1) is 0 Å². The van der Waals surface area contributed by atoms with Gasteiger partial charge in [0.1, 0.15) is 6.61 Å². The largest absolute Gasteiger partial charge is 0.447 e. The van der Waals surface area contributed by atoms with Gasteiger partial charge in [0.2, 0.25) is 5.91 Å². The lowest BCUT2D eigenvalue weighted by molar-refractivity contribution is -0.137. The number of nitrogens with one attached hydrogen (secondary N) is 2. The maximum atomic E-state index is 12.8. The highest BCUT2D eigenvalue weighted by atomic mass is 35.5. The fourth-order valence-electron chi connectivity index (χ4n) is 2.68. The van der Waals surface area contributed by atoms with Crippen LogP contribution in [-0.4, -0.2) is 35.1 Å². The summed E-state index contributed by atoms with van der Waals surface area (Å²) < 4.78 is 43.8. The summed E-state index contributed by atoms with van der Waals surface area (Å²) in [6, 6.07) is 10.3. The molecule has 0 aliphatic heterocycles. The van der Waals surface area contributed by atoms with Crippen LogP contribution < -0.4 is 10.7 Å². The molecule has 0 bridgehead atoms. The van der Waals surface area contributed by atoms with E-state index in [4.69, 9.17) is 16.3 Å². The third kappa shape index (κ3) is 6.31. The number of aromatic nitrogens is 1. The zero-order valence-corrected chi connectivity index (χ0v) is 18.3. The van der Waals surface area contributed by atoms with Gasteiger partial charge in [0, 0.05) is 18.5 Å². The van der Waals surface area contributed by atoms with E-state index < -0.39 is 17.8 Å². The Labute approximate surface area is 190 Å². The van der Waals surface area contributed by atoms with E-state index in [1.807, 2.05) is 12.1 Å². The molecule has 0 aliphatic rings. The molecule has 2 amide bonds. The van der Waals surface area contributed by atoms with Crippen LogP contribution in [-0.2, 0) is 22.3 Å². The lowest BCUT2D eigenvalue weighted by Gasteiger charge is -2.22. The van der Waals surface area contributed by atoms with Crippen molar-refractivity contribution in [1.29, 1.82) is 0 Å². The molecule has 1 aromatic heterocycles. The number of ether oxygens (including phenoxy) is 1. The van der Waals surface area contributed by atoms with Crippen molar-refractivity contribution in [3.8, 4) is 0 Å². The van der Waals surface area contributed by atoms with Crippen molar-refractivity contribution in [2.24, 2.45) is 0 Å². The number of hydrogen-bond acceptors (Lipinski definition) is 6. The van der Waals surface area contributed by atoms with Crippen LogP contribution in [0.1, 0.15) is 18.1 Å². The minimum atomic E-state index is -4.47. The lowest BCUT2D eigenvalue weighted by Crippen LogP contribution is -2.43. The molecule has 0 saturated carbocycles. The average molecular weight is 487 g/mol. The van der Waals surface area contributed by atoms with E-state index in [0.717, 1.165) is 29.0 Å². The van der Waals surface area contributed by atoms with Crippen molar-refractivity contribution in [2.75, 3.05) is 18.5 Å². The van der Waals surface area contributed by atoms with Gasteiger partial charge in [-0.25, -0.2) is 15.2 Å². The summed E-state index contributed by atoms with van der Waals surface area (Å²) in [5.74, 6) is -0.285. The van der Waals surface area contributed by atoms with Gasteiger partial charge in [-0.2, -0.15) is 13.2 Å². The zero-order valence-electron chi connectivity index (χ0n) is 16.7. The van der Waals surface area contributed by atoms with Crippen LogP contribution in [0.15, 0.2) is 42.5 Å². The second-order valence-electron chi connectivity index (χ2n) is 6.56. The number of anilines is 1. The molecular formula is C20H18ClF3N4O3S. The van der Waals surface area contributed by atoms with Crippen LogP contribution in [0.4, 0.5) is 23.1 Å².